The van der Waals surface area contributed by atoms with Crippen LogP contribution in [0, 0.1) is 11.3 Å². The lowest BCUT2D eigenvalue weighted by Gasteiger charge is -2.18. The van der Waals surface area contributed by atoms with Crippen molar-refractivity contribution in [2.45, 2.75) is 11.7 Å². The van der Waals surface area contributed by atoms with Gasteiger partial charge in [-0.1, -0.05) is 57.0 Å². The van der Waals surface area contributed by atoms with Crippen LogP contribution in [0.25, 0.3) is 0 Å². The van der Waals surface area contributed by atoms with Crippen LogP contribution in [-0.4, -0.2) is 24.1 Å². The van der Waals surface area contributed by atoms with Gasteiger partial charge < -0.3 is 5.32 Å². The number of benzene rings is 2. The SMILES string of the molecule is CNC(=O)/C(C#N)=C1\S[C@H](Cc2ccc(Cl)cc2Cl)C(=O)N1c1ccc(Br)cc1. The number of hydrogen-bond donors (Lipinski definition) is 1. The van der Waals surface area contributed by atoms with Crippen LogP contribution < -0.4 is 10.2 Å². The fourth-order valence-electron chi connectivity index (χ4n) is 2.82. The van der Waals surface area contributed by atoms with Gasteiger partial charge in [-0.15, -0.1) is 0 Å². The minimum absolute atomic E-state index is 0.113. The van der Waals surface area contributed by atoms with Crippen molar-refractivity contribution < 1.29 is 9.59 Å². The Labute approximate surface area is 190 Å². The van der Waals surface area contributed by atoms with Crippen molar-refractivity contribution in [3.8, 4) is 6.07 Å². The zero-order chi connectivity index (χ0) is 21.1. The van der Waals surface area contributed by atoms with Crippen LogP contribution in [0.3, 0.4) is 0 Å². The van der Waals surface area contributed by atoms with Crippen molar-refractivity contribution in [2.24, 2.45) is 0 Å². The summed E-state index contributed by atoms with van der Waals surface area (Å²) in [5, 5.41) is 12.8. The van der Waals surface area contributed by atoms with Crippen molar-refractivity contribution in [1.82, 2.24) is 5.32 Å². The highest BCUT2D eigenvalue weighted by Crippen LogP contribution is 2.42. The lowest BCUT2D eigenvalue weighted by molar-refractivity contribution is -0.117. The molecule has 1 N–H and O–H groups in total. The molecule has 29 heavy (non-hydrogen) atoms. The van der Waals surface area contributed by atoms with Crippen LogP contribution in [0.1, 0.15) is 5.56 Å². The smallest absolute Gasteiger partial charge is 0.264 e. The van der Waals surface area contributed by atoms with E-state index in [4.69, 9.17) is 23.2 Å². The normalized spacial score (nSPS) is 17.8. The van der Waals surface area contributed by atoms with E-state index in [1.54, 1.807) is 42.5 Å². The number of nitrogens with one attached hydrogen (secondary N) is 1. The number of carbonyl (C=O) groups is 2. The Morgan fingerprint density at radius 1 is 1.28 bits per heavy atom. The summed E-state index contributed by atoms with van der Waals surface area (Å²) in [7, 11) is 1.44. The van der Waals surface area contributed by atoms with Crippen molar-refractivity contribution in [2.75, 3.05) is 11.9 Å². The van der Waals surface area contributed by atoms with E-state index in [-0.39, 0.29) is 11.5 Å². The maximum Gasteiger partial charge on any atom is 0.264 e. The van der Waals surface area contributed by atoms with Crippen LogP contribution in [0.2, 0.25) is 10.0 Å². The van der Waals surface area contributed by atoms with Gasteiger partial charge in [0.25, 0.3) is 5.91 Å². The molecule has 0 aliphatic carbocycles. The lowest BCUT2D eigenvalue weighted by Crippen LogP contribution is -2.31. The molecule has 0 unspecified atom stereocenters. The Balaban J connectivity index is 2.05. The van der Waals surface area contributed by atoms with Crippen LogP contribution >= 0.6 is 50.9 Å². The molecule has 1 saturated heterocycles. The first-order valence-corrected chi connectivity index (χ1v) is 10.8. The Bertz CT molecular complexity index is 1050. The number of anilines is 1. The van der Waals surface area contributed by atoms with Gasteiger partial charge in [-0.05, 0) is 48.4 Å². The molecule has 148 valence electrons. The molecule has 1 aliphatic heterocycles. The number of likely N-dealkylation sites (N-methyl/N-ethyl adjacent to an activating group) is 1. The Hall–Kier alpha value is -1.98. The third-order valence-electron chi connectivity index (χ3n) is 4.24. The van der Waals surface area contributed by atoms with E-state index in [1.165, 1.54) is 23.7 Å². The molecule has 5 nitrogen and oxygen atoms in total. The first-order chi connectivity index (χ1) is 13.8. The van der Waals surface area contributed by atoms with Crippen LogP contribution in [0.15, 0.2) is 57.5 Å². The summed E-state index contributed by atoms with van der Waals surface area (Å²) in [6.07, 6.45) is 0.336. The number of nitriles is 1. The summed E-state index contributed by atoms with van der Waals surface area (Å²) >= 11 is 16.8. The van der Waals surface area contributed by atoms with Crippen molar-refractivity contribution in [3.05, 3.63) is 73.1 Å². The maximum atomic E-state index is 13.3. The van der Waals surface area contributed by atoms with Gasteiger partial charge in [0.1, 0.15) is 16.7 Å². The highest BCUT2D eigenvalue weighted by Gasteiger charge is 2.40. The van der Waals surface area contributed by atoms with Crippen LogP contribution in [0.4, 0.5) is 5.69 Å². The number of nitrogens with zero attached hydrogens (tertiary/aromatic N) is 2. The number of rotatable bonds is 4. The van der Waals surface area contributed by atoms with E-state index >= 15 is 0 Å². The average Bonchev–Trinajstić information content (AvgIpc) is 3.01. The quantitative estimate of drug-likeness (QED) is 0.467. The highest BCUT2D eigenvalue weighted by molar-refractivity contribution is 9.10. The number of thioether (sulfide) groups is 1. The average molecular weight is 511 g/mol. The van der Waals surface area contributed by atoms with Crippen molar-refractivity contribution in [1.29, 1.82) is 5.26 Å². The van der Waals surface area contributed by atoms with Gasteiger partial charge in [-0.3, -0.25) is 14.5 Å². The van der Waals surface area contributed by atoms with E-state index < -0.39 is 11.2 Å². The van der Waals surface area contributed by atoms with E-state index in [0.717, 1.165) is 10.0 Å². The van der Waals surface area contributed by atoms with Gasteiger partial charge in [-0.2, -0.15) is 5.26 Å². The summed E-state index contributed by atoms with van der Waals surface area (Å²) < 4.78 is 0.849. The fourth-order valence-corrected chi connectivity index (χ4v) is 4.87. The number of carbonyl (C=O) groups excluding carboxylic acids is 2. The third-order valence-corrected chi connectivity index (χ3v) is 6.62. The lowest BCUT2D eigenvalue weighted by atomic mass is 10.1. The molecule has 2 aromatic carbocycles. The van der Waals surface area contributed by atoms with Gasteiger partial charge in [0, 0.05) is 27.3 Å². The van der Waals surface area contributed by atoms with Crippen molar-refractivity contribution >= 4 is 68.4 Å². The standard InChI is InChI=1S/C20H14BrCl2N3O2S/c1-25-18(27)15(10-24)20-26(14-6-3-12(21)4-7-14)19(28)17(29-20)8-11-2-5-13(22)9-16(11)23/h2-7,9,17H,8H2,1H3,(H,25,27)/b20-15-/t17-/m1/s1. The molecular formula is C20H14BrCl2N3O2S. The van der Waals surface area contributed by atoms with E-state index in [0.29, 0.717) is 27.2 Å². The molecule has 0 spiro atoms. The third kappa shape index (κ3) is 4.62. The van der Waals surface area contributed by atoms with Gasteiger partial charge in [0.15, 0.2) is 0 Å². The summed E-state index contributed by atoms with van der Waals surface area (Å²) in [6, 6.07) is 14.1. The predicted octanol–water partition coefficient (Wildman–Crippen LogP) is 4.93. The minimum Gasteiger partial charge on any atom is -0.354 e. The van der Waals surface area contributed by atoms with E-state index in [9.17, 15) is 14.9 Å². The second kappa shape index (κ2) is 9.23. The molecule has 0 saturated carbocycles. The topological polar surface area (TPSA) is 73.2 Å². The predicted molar refractivity (Wildman–Crippen MR) is 120 cm³/mol. The molecule has 2 aromatic rings. The zero-order valence-corrected chi connectivity index (χ0v) is 19.0. The summed E-state index contributed by atoms with van der Waals surface area (Å²) in [4.78, 5) is 26.9. The van der Waals surface area contributed by atoms with Crippen LogP contribution in [-0.2, 0) is 16.0 Å². The van der Waals surface area contributed by atoms with E-state index in [2.05, 4.69) is 21.2 Å². The van der Waals surface area contributed by atoms with Crippen molar-refractivity contribution in [3.63, 3.8) is 0 Å². The molecule has 1 fully saturated rings. The van der Waals surface area contributed by atoms with Gasteiger partial charge in [0.05, 0.1) is 5.25 Å². The largest absolute Gasteiger partial charge is 0.354 e. The molecule has 1 atom stereocenters. The Morgan fingerprint density at radius 3 is 2.55 bits per heavy atom. The molecule has 1 heterocycles. The van der Waals surface area contributed by atoms with Gasteiger partial charge in [-0.25, -0.2) is 0 Å². The molecule has 0 radical (unpaired) electrons. The highest BCUT2D eigenvalue weighted by atomic mass is 79.9. The molecule has 1 aliphatic rings. The van der Waals surface area contributed by atoms with Crippen LogP contribution in [0.5, 0.6) is 0 Å². The summed E-state index contributed by atoms with van der Waals surface area (Å²) in [6.45, 7) is 0. The number of halogens is 3. The molecule has 0 aromatic heterocycles. The second-order valence-corrected chi connectivity index (χ2v) is 9.02. The molecule has 3 rings (SSSR count). The first-order valence-electron chi connectivity index (χ1n) is 8.42. The molecular weight excluding hydrogens is 497 g/mol. The second-order valence-electron chi connectivity index (χ2n) is 6.07. The molecule has 9 heteroatoms. The summed E-state index contributed by atoms with van der Waals surface area (Å²) in [5.41, 5.74) is 1.22. The van der Waals surface area contributed by atoms with Gasteiger partial charge >= 0.3 is 0 Å². The maximum absolute atomic E-state index is 13.3. The fraction of sp³-hybridized carbons (Fsp3) is 0.150. The Kier molecular flexibility index (Phi) is 6.91. The van der Waals surface area contributed by atoms with E-state index in [1.807, 2.05) is 6.07 Å². The number of amides is 2. The minimum atomic E-state index is -0.546. The zero-order valence-electron chi connectivity index (χ0n) is 15.1. The molecule has 0 bridgehead atoms. The Morgan fingerprint density at radius 2 is 1.97 bits per heavy atom. The number of hydrogen-bond acceptors (Lipinski definition) is 4. The molecule has 2 amide bonds. The monoisotopic (exact) mass is 509 g/mol. The summed E-state index contributed by atoms with van der Waals surface area (Å²) in [5.74, 6) is -0.773. The first kappa shape index (κ1) is 21.7. The van der Waals surface area contributed by atoms with Gasteiger partial charge in [0.2, 0.25) is 5.91 Å².